The van der Waals surface area contributed by atoms with E-state index in [1.807, 2.05) is 6.26 Å². The fourth-order valence-electron chi connectivity index (χ4n) is 2.93. The number of sulfone groups is 1. The van der Waals surface area contributed by atoms with Crippen LogP contribution in [0.3, 0.4) is 0 Å². The summed E-state index contributed by atoms with van der Waals surface area (Å²) in [4.78, 5) is 25.0. The van der Waals surface area contributed by atoms with Crippen LogP contribution < -0.4 is 5.48 Å². The Bertz CT molecular complexity index is 1390. The fourth-order valence-corrected chi connectivity index (χ4v) is 4.23. The van der Waals surface area contributed by atoms with Crippen molar-refractivity contribution in [1.29, 1.82) is 0 Å². The molecule has 0 spiro atoms. The molecule has 10 nitrogen and oxygen atoms in total. The minimum Gasteiger partial charge on any atom is -0.309 e. The zero-order chi connectivity index (χ0) is 26.9. The van der Waals surface area contributed by atoms with E-state index in [0.717, 1.165) is 16.8 Å². The summed E-state index contributed by atoms with van der Waals surface area (Å²) in [6.07, 6.45) is -3.02. The topological polar surface area (TPSA) is 129 Å². The summed E-state index contributed by atoms with van der Waals surface area (Å²) in [5.41, 5.74) is -0.513. The molecule has 3 heterocycles. The average molecular weight is 555 g/mol. The molecule has 0 aliphatic heterocycles. The molecule has 0 unspecified atom stereocenters. The van der Waals surface area contributed by atoms with Crippen LogP contribution in [0.2, 0.25) is 0 Å². The van der Waals surface area contributed by atoms with E-state index in [1.165, 1.54) is 25.7 Å². The van der Waals surface area contributed by atoms with E-state index in [0.29, 0.717) is 11.8 Å². The number of thioether (sulfide) groups is 1. The van der Waals surface area contributed by atoms with E-state index in [-0.39, 0.29) is 35.1 Å². The van der Waals surface area contributed by atoms with Gasteiger partial charge in [-0.25, -0.2) is 18.9 Å². The molecule has 0 aliphatic carbocycles. The summed E-state index contributed by atoms with van der Waals surface area (Å²) in [6.45, 7) is 1.55. The van der Waals surface area contributed by atoms with Crippen LogP contribution in [-0.4, -0.2) is 69.6 Å². The lowest BCUT2D eigenvalue weighted by Crippen LogP contribution is -2.34. The molecule has 17 heteroatoms. The predicted molar refractivity (Wildman–Crippen MR) is 119 cm³/mol. The Morgan fingerprint density at radius 1 is 1.19 bits per heavy atom. The molecule has 3 aromatic heterocycles. The van der Waals surface area contributed by atoms with Crippen LogP contribution in [0.25, 0.3) is 22.7 Å². The van der Waals surface area contributed by atoms with Crippen LogP contribution in [0.15, 0.2) is 23.2 Å². The standard InChI is InChI=1S/C19H19F5N6O4S2/c1-4-36(32,33)12-7-10(17(31)29-34-5-6-35-3)9-25-14(12)16-26-11-8-13(18(20,21)19(22,23)24)27-28-15(11)30(16)2/h7-9H,4-6H2,1-3H3,(H,29,31). The molecular weight excluding hydrogens is 535 g/mol. The van der Waals surface area contributed by atoms with E-state index in [9.17, 15) is 35.2 Å². The number of alkyl halides is 5. The zero-order valence-corrected chi connectivity index (χ0v) is 20.6. The quantitative estimate of drug-likeness (QED) is 0.241. The van der Waals surface area contributed by atoms with Crippen molar-refractivity contribution >= 4 is 38.7 Å². The first-order valence-corrected chi connectivity index (χ1v) is 13.1. The zero-order valence-electron chi connectivity index (χ0n) is 18.9. The monoisotopic (exact) mass is 554 g/mol. The number of hydrogen-bond acceptors (Lipinski definition) is 9. The Morgan fingerprint density at radius 3 is 2.50 bits per heavy atom. The second-order valence-electron chi connectivity index (χ2n) is 7.25. The minimum atomic E-state index is -5.91. The molecule has 3 rings (SSSR count). The molecular formula is C19H19F5N6O4S2. The van der Waals surface area contributed by atoms with Gasteiger partial charge in [0.2, 0.25) is 0 Å². The largest absolute Gasteiger partial charge is 0.459 e. The van der Waals surface area contributed by atoms with Gasteiger partial charge < -0.3 is 4.57 Å². The molecule has 1 N–H and O–H groups in total. The van der Waals surface area contributed by atoms with Crippen LogP contribution >= 0.6 is 11.8 Å². The van der Waals surface area contributed by atoms with Crippen molar-refractivity contribution in [1.82, 2.24) is 30.2 Å². The lowest BCUT2D eigenvalue weighted by molar-refractivity contribution is -0.291. The maximum Gasteiger partial charge on any atom is 0.459 e. The summed E-state index contributed by atoms with van der Waals surface area (Å²) < 4.78 is 92.4. The van der Waals surface area contributed by atoms with Gasteiger partial charge in [0, 0.05) is 19.0 Å². The summed E-state index contributed by atoms with van der Waals surface area (Å²) >= 11 is 1.48. The number of carbonyl (C=O) groups is 1. The molecule has 0 radical (unpaired) electrons. The number of aromatic nitrogens is 5. The van der Waals surface area contributed by atoms with Crippen molar-refractivity contribution in [3.05, 3.63) is 29.6 Å². The first-order valence-electron chi connectivity index (χ1n) is 10.0. The van der Waals surface area contributed by atoms with Gasteiger partial charge in [-0.05, 0) is 18.4 Å². The number of imidazole rings is 1. The predicted octanol–water partition coefficient (Wildman–Crippen LogP) is 2.90. The van der Waals surface area contributed by atoms with Gasteiger partial charge in [-0.1, -0.05) is 6.92 Å². The molecule has 0 bridgehead atoms. The highest BCUT2D eigenvalue weighted by Crippen LogP contribution is 2.43. The number of amides is 1. The Hall–Kier alpha value is -2.92. The van der Waals surface area contributed by atoms with Gasteiger partial charge in [0.05, 0.1) is 22.8 Å². The minimum absolute atomic E-state index is 0.152. The molecule has 0 saturated heterocycles. The van der Waals surface area contributed by atoms with E-state index < -0.39 is 43.9 Å². The molecule has 0 fully saturated rings. The molecule has 0 aliphatic rings. The first kappa shape index (κ1) is 27.7. The summed E-state index contributed by atoms with van der Waals surface area (Å²) in [5, 5.41) is 6.42. The Labute approximate surface area is 205 Å². The number of aryl methyl sites for hydroxylation is 1. The third-order valence-corrected chi connectivity index (χ3v) is 7.21. The molecule has 0 aromatic carbocycles. The number of hydrogen-bond donors (Lipinski definition) is 1. The van der Waals surface area contributed by atoms with E-state index in [1.54, 1.807) is 0 Å². The average Bonchev–Trinajstić information content (AvgIpc) is 3.16. The van der Waals surface area contributed by atoms with Gasteiger partial charge in [-0.3, -0.25) is 14.6 Å². The molecule has 1 amide bonds. The second-order valence-corrected chi connectivity index (χ2v) is 10.5. The smallest absolute Gasteiger partial charge is 0.309 e. The molecule has 3 aromatic rings. The summed E-state index contributed by atoms with van der Waals surface area (Å²) in [5.74, 6) is -6.05. The SMILES string of the molecule is CCS(=O)(=O)c1cc(C(=O)NOCCSC)cnc1-c1nc2cc(C(F)(F)C(F)(F)F)nnc2n1C. The molecule has 0 saturated carbocycles. The van der Waals surface area contributed by atoms with Gasteiger partial charge in [-0.2, -0.15) is 33.7 Å². The number of pyridine rings is 1. The normalized spacial score (nSPS) is 12.8. The van der Waals surface area contributed by atoms with Crippen molar-refractivity contribution < 1.29 is 40.0 Å². The number of nitrogens with one attached hydrogen (secondary N) is 1. The van der Waals surface area contributed by atoms with Crippen molar-refractivity contribution in [2.45, 2.75) is 23.9 Å². The van der Waals surface area contributed by atoms with Crippen molar-refractivity contribution in [2.24, 2.45) is 7.05 Å². The van der Waals surface area contributed by atoms with E-state index in [4.69, 9.17) is 4.84 Å². The third-order valence-electron chi connectivity index (χ3n) is 4.89. The second kappa shape index (κ2) is 10.2. The number of hydroxylamine groups is 1. The Kier molecular flexibility index (Phi) is 7.85. The van der Waals surface area contributed by atoms with E-state index in [2.05, 4.69) is 25.6 Å². The van der Waals surface area contributed by atoms with Crippen LogP contribution in [0.4, 0.5) is 22.0 Å². The molecule has 0 atom stereocenters. The Morgan fingerprint density at radius 2 is 1.89 bits per heavy atom. The highest BCUT2D eigenvalue weighted by molar-refractivity contribution is 7.98. The van der Waals surface area contributed by atoms with Gasteiger partial charge in [0.1, 0.15) is 16.9 Å². The summed E-state index contributed by atoms with van der Waals surface area (Å²) in [6, 6.07) is 1.46. The van der Waals surface area contributed by atoms with E-state index >= 15 is 0 Å². The highest BCUT2D eigenvalue weighted by atomic mass is 32.2. The van der Waals surface area contributed by atoms with Gasteiger partial charge in [-0.15, -0.1) is 10.2 Å². The molecule has 196 valence electrons. The maximum atomic E-state index is 13.7. The van der Waals surface area contributed by atoms with Crippen LogP contribution in [0, 0.1) is 0 Å². The van der Waals surface area contributed by atoms with Crippen LogP contribution in [0.1, 0.15) is 23.0 Å². The number of rotatable bonds is 9. The molecule has 36 heavy (non-hydrogen) atoms. The Balaban J connectivity index is 2.11. The van der Waals surface area contributed by atoms with Crippen LogP contribution in [0.5, 0.6) is 0 Å². The lowest BCUT2D eigenvalue weighted by Gasteiger charge is -2.17. The van der Waals surface area contributed by atoms with Gasteiger partial charge in [0.25, 0.3) is 5.91 Å². The van der Waals surface area contributed by atoms with Crippen molar-refractivity contribution in [3.63, 3.8) is 0 Å². The highest BCUT2D eigenvalue weighted by Gasteiger charge is 2.60. The number of fused-ring (bicyclic) bond motifs is 1. The summed E-state index contributed by atoms with van der Waals surface area (Å²) in [7, 11) is -2.69. The van der Waals surface area contributed by atoms with Crippen LogP contribution in [-0.2, 0) is 27.6 Å². The third kappa shape index (κ3) is 5.27. The number of halogens is 5. The maximum absolute atomic E-state index is 13.7. The van der Waals surface area contributed by atoms with Gasteiger partial charge >= 0.3 is 12.1 Å². The first-order chi connectivity index (χ1) is 16.7. The van der Waals surface area contributed by atoms with Gasteiger partial charge in [0.15, 0.2) is 21.3 Å². The van der Waals surface area contributed by atoms with Crippen molar-refractivity contribution in [2.75, 3.05) is 24.4 Å². The number of carbonyl (C=O) groups excluding carboxylic acids is 1. The van der Waals surface area contributed by atoms with Crippen molar-refractivity contribution in [3.8, 4) is 11.5 Å². The fraction of sp³-hybridized carbons (Fsp3) is 0.421. The number of nitrogens with zero attached hydrogens (tertiary/aromatic N) is 5. The lowest BCUT2D eigenvalue weighted by atomic mass is 10.2.